The molecule has 0 amide bonds. The summed E-state index contributed by atoms with van der Waals surface area (Å²) in [6, 6.07) is 0. The lowest BCUT2D eigenvalue weighted by molar-refractivity contribution is -0.412. The molecule has 1 aliphatic rings. The lowest BCUT2D eigenvalue weighted by atomic mass is 10.1. The predicted octanol–water partition coefficient (Wildman–Crippen LogP) is 4.90. The zero-order chi connectivity index (χ0) is 35.1. The number of carbonyl (C=O) groups excluding carboxylic acids is 1. The lowest BCUT2D eigenvalue weighted by Gasteiger charge is -2.31. The summed E-state index contributed by atoms with van der Waals surface area (Å²) in [4.78, 5) is 11.7. The van der Waals surface area contributed by atoms with E-state index in [4.69, 9.17) is 0 Å². The third-order valence-corrected chi connectivity index (χ3v) is 5.47. The van der Waals surface area contributed by atoms with Gasteiger partial charge in [-0.1, -0.05) is 3.89 Å². The van der Waals surface area contributed by atoms with E-state index in [0.717, 1.165) is 0 Å². The first-order chi connectivity index (χ1) is 19.2. The van der Waals surface area contributed by atoms with Crippen LogP contribution in [0.1, 0.15) is 13.3 Å². The zero-order valence-corrected chi connectivity index (χ0v) is 21.6. The van der Waals surface area contributed by atoms with Gasteiger partial charge >= 0.3 is 51.9 Å². The number of rotatable bonds is 15. The van der Waals surface area contributed by atoms with Gasteiger partial charge in [0.1, 0.15) is 32.8 Å². The van der Waals surface area contributed by atoms with Crippen LogP contribution >= 0.6 is 0 Å². The summed E-state index contributed by atoms with van der Waals surface area (Å²) in [6.45, 7) is -12.7. The van der Waals surface area contributed by atoms with Crippen LogP contribution in [0.4, 0.5) is 74.1 Å². The van der Waals surface area contributed by atoms with E-state index in [1.807, 2.05) is 0 Å². The fraction of sp³-hybridized carbons (Fsp3) is 0.941. The van der Waals surface area contributed by atoms with E-state index in [2.05, 4.69) is 28.4 Å². The molecule has 1 aliphatic heterocycles. The van der Waals surface area contributed by atoms with Crippen molar-refractivity contribution < 1.29 is 116 Å². The highest BCUT2D eigenvalue weighted by molar-refractivity contribution is 7.87. The molecule has 1 heterocycles. The van der Waals surface area contributed by atoms with Crippen molar-refractivity contribution in [3.05, 3.63) is 0 Å². The molecule has 0 saturated carbocycles. The smallest absolute Gasteiger partial charge is 0.455 e. The molecule has 0 N–H and O–H groups in total. The molecule has 1 saturated heterocycles. The van der Waals surface area contributed by atoms with Gasteiger partial charge in [0, 0.05) is 0 Å². The van der Waals surface area contributed by atoms with Gasteiger partial charge in [-0.2, -0.15) is 65.5 Å². The minimum absolute atomic E-state index is 0.0798. The monoisotopic (exact) mass is 718 g/mol. The minimum Gasteiger partial charge on any atom is -0.455 e. The number of alkyl halides is 16. The fourth-order valence-corrected chi connectivity index (χ4v) is 3.00. The first kappa shape index (κ1) is 40.1. The van der Waals surface area contributed by atoms with Crippen molar-refractivity contribution in [3.63, 3.8) is 0 Å². The molecule has 4 unspecified atom stereocenters. The van der Waals surface area contributed by atoms with Gasteiger partial charge in [-0.15, -0.1) is 0 Å². The van der Waals surface area contributed by atoms with Gasteiger partial charge in [0.25, 0.3) is 11.7 Å². The molecule has 44 heavy (non-hydrogen) atoms. The van der Waals surface area contributed by atoms with Crippen molar-refractivity contribution in [3.8, 4) is 0 Å². The van der Waals surface area contributed by atoms with Gasteiger partial charge in [0.05, 0.1) is 0 Å². The summed E-state index contributed by atoms with van der Waals surface area (Å²) in [5.74, 6) is -23.2. The van der Waals surface area contributed by atoms with Crippen molar-refractivity contribution >= 4 is 16.2 Å². The van der Waals surface area contributed by atoms with E-state index in [1.54, 1.807) is 0 Å². The Hall–Kier alpha value is -1.97. The number of halogens is 17. The molecule has 0 aromatic carbocycles. The third kappa shape index (κ3) is 9.76. The van der Waals surface area contributed by atoms with Crippen LogP contribution in [0.15, 0.2) is 0 Å². The number of hydrogen-bond acceptors (Lipinski definition) is 9. The Morgan fingerprint density at radius 2 is 1.27 bits per heavy atom. The third-order valence-electron chi connectivity index (χ3n) is 4.64. The maximum atomic E-state index is 15.4. The molecular formula is C17H15F17O9S. The number of carbonyl (C=O) groups is 1. The quantitative estimate of drug-likeness (QED) is 0.133. The molecule has 27 heteroatoms. The Morgan fingerprint density at radius 3 is 1.68 bits per heavy atom. The van der Waals surface area contributed by atoms with Gasteiger partial charge in [-0.3, -0.25) is 4.74 Å². The molecule has 0 spiro atoms. The summed E-state index contributed by atoms with van der Waals surface area (Å²) < 4.78 is 267. The first-order valence-corrected chi connectivity index (χ1v) is 11.9. The van der Waals surface area contributed by atoms with Crippen molar-refractivity contribution in [2.75, 3.05) is 33.1 Å². The highest BCUT2D eigenvalue weighted by atomic mass is 32.3. The number of esters is 1. The Morgan fingerprint density at radius 1 is 0.795 bits per heavy atom. The molecule has 0 aromatic rings. The van der Waals surface area contributed by atoms with Crippen LogP contribution in [0.25, 0.3) is 0 Å². The average molecular weight is 718 g/mol. The molecule has 262 valence electrons. The maximum absolute atomic E-state index is 15.4. The Labute approximate surface area is 232 Å². The van der Waals surface area contributed by atoms with Crippen LogP contribution in [0, 0.1) is 0 Å². The molecule has 1 rings (SSSR count). The van der Waals surface area contributed by atoms with E-state index in [1.165, 1.54) is 0 Å². The normalized spacial score (nSPS) is 27.3. The second-order valence-corrected chi connectivity index (χ2v) is 10.1. The van der Waals surface area contributed by atoms with Gasteiger partial charge in [-0.05, 0) is 6.92 Å². The Bertz CT molecular complexity index is 1130. The van der Waals surface area contributed by atoms with E-state index in [0.29, 0.717) is 0 Å². The van der Waals surface area contributed by atoms with Crippen LogP contribution in [-0.2, 0) is 43.4 Å². The summed E-state index contributed by atoms with van der Waals surface area (Å²) in [6.07, 6.45) is -27.7. The van der Waals surface area contributed by atoms with Crippen LogP contribution in [0.3, 0.4) is 0 Å². The van der Waals surface area contributed by atoms with Gasteiger partial charge in [-0.25, -0.2) is 18.0 Å². The van der Waals surface area contributed by atoms with Crippen LogP contribution in [0.5, 0.6) is 0 Å². The van der Waals surface area contributed by atoms with Crippen LogP contribution in [0.2, 0.25) is 0 Å². The van der Waals surface area contributed by atoms with Crippen molar-refractivity contribution in [2.24, 2.45) is 0 Å². The van der Waals surface area contributed by atoms with E-state index in [9.17, 15) is 78.6 Å². The molecule has 0 radical (unpaired) electrons. The lowest BCUT2D eigenvalue weighted by Crippen LogP contribution is -2.56. The van der Waals surface area contributed by atoms with Crippen molar-refractivity contribution in [2.45, 2.75) is 66.5 Å². The van der Waals surface area contributed by atoms with Crippen LogP contribution < -0.4 is 0 Å². The highest BCUT2D eigenvalue weighted by Crippen LogP contribution is 2.49. The fourth-order valence-electron chi connectivity index (χ4n) is 2.78. The zero-order valence-electron chi connectivity index (χ0n) is 20.8. The second-order valence-electron chi connectivity index (χ2n) is 8.62. The van der Waals surface area contributed by atoms with Crippen molar-refractivity contribution in [1.29, 1.82) is 0 Å². The van der Waals surface area contributed by atoms with Crippen molar-refractivity contribution in [1.82, 2.24) is 0 Å². The molecular weight excluding hydrogens is 703 g/mol. The summed E-state index contributed by atoms with van der Waals surface area (Å²) in [5, 5.41) is -5.49. The molecule has 0 bridgehead atoms. The molecule has 9 nitrogen and oxygen atoms in total. The number of ether oxygens (including phenoxy) is 6. The van der Waals surface area contributed by atoms with Gasteiger partial charge in [0.15, 0.2) is 6.67 Å². The Balaban J connectivity index is 3.31. The van der Waals surface area contributed by atoms with E-state index < -0.39 is 109 Å². The Kier molecular flexibility index (Phi) is 11.2. The standard InChI is InChI=1S/C17H15F17O9S/c1-9(4-39-8(35)16(30,17(31,32)33)43-13(24,25)2-12(21,22)23)41-10(19,5-38-7-15(28,29)44(34,36)37)11(20,42-9)6-40-14(26,27)3-18/h2-7H2,1H3. The van der Waals surface area contributed by atoms with Gasteiger partial charge in [0.2, 0.25) is 5.79 Å². The van der Waals surface area contributed by atoms with E-state index in [-0.39, 0.29) is 6.92 Å². The SMILES string of the molecule is CC1(COC(=O)C(F)(OC(F)(F)CC(F)(F)F)C(F)(F)F)OC(F)(COCC(F)(F)S(=O)(=O)F)C(F)(COC(F)(F)CF)O1. The van der Waals surface area contributed by atoms with Crippen LogP contribution in [-0.4, -0.2) is 101 Å². The summed E-state index contributed by atoms with van der Waals surface area (Å²) in [5.41, 5.74) is 0. The first-order valence-electron chi connectivity index (χ1n) is 10.5. The largest absolute Gasteiger partial charge is 0.460 e. The minimum atomic E-state index is -6.97. The summed E-state index contributed by atoms with van der Waals surface area (Å²) >= 11 is 0. The highest BCUT2D eigenvalue weighted by Gasteiger charge is 2.72. The van der Waals surface area contributed by atoms with E-state index >= 15 is 8.78 Å². The number of hydrogen-bond donors (Lipinski definition) is 0. The maximum Gasteiger partial charge on any atom is 0.460 e. The molecule has 0 aromatic heterocycles. The topological polar surface area (TPSA) is 107 Å². The van der Waals surface area contributed by atoms with Gasteiger partial charge < -0.3 is 23.7 Å². The molecule has 4 atom stereocenters. The summed E-state index contributed by atoms with van der Waals surface area (Å²) in [7, 11) is -6.79. The molecule has 0 aliphatic carbocycles. The average Bonchev–Trinajstić information content (AvgIpc) is 2.98. The predicted molar refractivity (Wildman–Crippen MR) is 98.5 cm³/mol. The molecule has 1 fully saturated rings. The second kappa shape index (κ2) is 12.3.